The minimum absolute atomic E-state index is 0.131. The summed E-state index contributed by atoms with van der Waals surface area (Å²) in [7, 11) is 0. The van der Waals surface area contributed by atoms with Gasteiger partial charge in [0, 0.05) is 6.20 Å². The van der Waals surface area contributed by atoms with Crippen LogP contribution in [0.2, 0.25) is 4.34 Å². The second kappa shape index (κ2) is 5.97. The normalized spacial score (nSPS) is 10.8. The number of carbonyl (C=O) groups excluding carboxylic acids is 1. The Morgan fingerprint density at radius 3 is 2.90 bits per heavy atom. The molecule has 0 saturated heterocycles. The lowest BCUT2D eigenvalue weighted by Crippen LogP contribution is -2.22. The Balaban J connectivity index is 1.76. The molecule has 5 nitrogen and oxygen atoms in total. The lowest BCUT2D eigenvalue weighted by atomic mass is 10.3. The Hall–Kier alpha value is -1.70. The van der Waals surface area contributed by atoms with E-state index in [4.69, 9.17) is 11.6 Å². The Morgan fingerprint density at radius 2 is 2.24 bits per heavy atom. The van der Waals surface area contributed by atoms with Crippen molar-refractivity contribution in [2.45, 2.75) is 13.5 Å². The summed E-state index contributed by atoms with van der Waals surface area (Å²) in [4.78, 5) is 18.3. The second-order valence-electron chi connectivity index (χ2n) is 4.30. The monoisotopic (exact) mass is 338 g/mol. The van der Waals surface area contributed by atoms with Crippen LogP contribution in [0.4, 0.5) is 0 Å². The Morgan fingerprint density at radius 1 is 1.38 bits per heavy atom. The molecule has 2 N–H and O–H groups in total. The van der Waals surface area contributed by atoms with Gasteiger partial charge in [0.15, 0.2) is 0 Å². The van der Waals surface area contributed by atoms with Gasteiger partial charge in [-0.3, -0.25) is 9.89 Å². The van der Waals surface area contributed by atoms with Crippen molar-refractivity contribution in [1.82, 2.24) is 20.5 Å². The number of aromatic amines is 1. The average Bonchev–Trinajstić information content (AvgIpc) is 3.16. The topological polar surface area (TPSA) is 70.7 Å². The molecule has 108 valence electrons. The molecule has 3 aromatic heterocycles. The Bertz CT molecular complexity index is 763. The van der Waals surface area contributed by atoms with E-state index >= 15 is 0 Å². The molecule has 0 radical (unpaired) electrons. The summed E-state index contributed by atoms with van der Waals surface area (Å²) in [6, 6.07) is 5.56. The van der Waals surface area contributed by atoms with E-state index in [9.17, 15) is 4.79 Å². The number of halogens is 1. The van der Waals surface area contributed by atoms with Gasteiger partial charge in [-0.2, -0.15) is 5.10 Å². The maximum absolute atomic E-state index is 12.2. The van der Waals surface area contributed by atoms with Gasteiger partial charge in [0.2, 0.25) is 0 Å². The third-order valence-electron chi connectivity index (χ3n) is 2.78. The molecule has 0 aliphatic carbocycles. The molecule has 0 aromatic carbocycles. The number of aromatic nitrogens is 3. The fourth-order valence-electron chi connectivity index (χ4n) is 1.78. The average molecular weight is 339 g/mol. The van der Waals surface area contributed by atoms with Crippen LogP contribution in [0.3, 0.4) is 0 Å². The second-order valence-corrected chi connectivity index (χ2v) is 7.02. The van der Waals surface area contributed by atoms with E-state index in [-0.39, 0.29) is 5.91 Å². The van der Waals surface area contributed by atoms with Gasteiger partial charge in [-0.1, -0.05) is 11.6 Å². The number of H-pyrrole nitrogens is 1. The summed E-state index contributed by atoms with van der Waals surface area (Å²) in [5, 5.41) is 10.3. The molecule has 3 aromatic rings. The highest BCUT2D eigenvalue weighted by Crippen LogP contribution is 2.34. The number of thiophene rings is 1. The van der Waals surface area contributed by atoms with Gasteiger partial charge in [-0.15, -0.1) is 22.7 Å². The van der Waals surface area contributed by atoms with Gasteiger partial charge in [0.05, 0.1) is 27.1 Å². The van der Waals surface area contributed by atoms with Crippen LogP contribution in [0.5, 0.6) is 0 Å². The van der Waals surface area contributed by atoms with E-state index in [1.165, 1.54) is 22.7 Å². The molecule has 3 rings (SSSR count). The van der Waals surface area contributed by atoms with Crippen molar-refractivity contribution in [2.75, 3.05) is 0 Å². The predicted molar refractivity (Wildman–Crippen MR) is 84.9 cm³/mol. The number of carbonyl (C=O) groups is 1. The first-order valence-corrected chi connectivity index (χ1v) is 8.14. The SMILES string of the molecule is Cc1nc(-c2ccc(Cl)s2)sc1C(=O)NCc1ccn[nH]1. The van der Waals surface area contributed by atoms with Crippen LogP contribution in [-0.2, 0) is 6.54 Å². The van der Waals surface area contributed by atoms with Crippen LogP contribution < -0.4 is 5.32 Å². The Kier molecular flexibility index (Phi) is 4.05. The molecule has 0 aliphatic heterocycles. The minimum atomic E-state index is -0.131. The summed E-state index contributed by atoms with van der Waals surface area (Å²) in [6.45, 7) is 2.25. The minimum Gasteiger partial charge on any atom is -0.346 e. The highest BCUT2D eigenvalue weighted by Gasteiger charge is 2.17. The van der Waals surface area contributed by atoms with Gasteiger partial charge in [-0.05, 0) is 25.1 Å². The third-order valence-corrected chi connectivity index (χ3v) is 5.34. The fourth-order valence-corrected chi connectivity index (χ4v) is 3.86. The molecule has 0 fully saturated rings. The summed E-state index contributed by atoms with van der Waals surface area (Å²) in [5.74, 6) is -0.131. The van der Waals surface area contributed by atoms with Gasteiger partial charge in [0.1, 0.15) is 9.88 Å². The predicted octanol–water partition coefficient (Wildman–Crippen LogP) is 3.49. The van der Waals surface area contributed by atoms with E-state index < -0.39 is 0 Å². The zero-order valence-electron chi connectivity index (χ0n) is 11.0. The van der Waals surface area contributed by atoms with Crippen molar-refractivity contribution < 1.29 is 4.79 Å². The molecule has 8 heteroatoms. The largest absolute Gasteiger partial charge is 0.346 e. The first-order valence-electron chi connectivity index (χ1n) is 6.13. The van der Waals surface area contributed by atoms with E-state index in [1.807, 2.05) is 25.1 Å². The highest BCUT2D eigenvalue weighted by molar-refractivity contribution is 7.24. The molecule has 0 bridgehead atoms. The first kappa shape index (κ1) is 14.2. The molecule has 0 saturated carbocycles. The molecule has 0 unspecified atom stereocenters. The first-order chi connectivity index (χ1) is 10.1. The van der Waals surface area contributed by atoms with Crippen LogP contribution in [0.15, 0.2) is 24.4 Å². The van der Waals surface area contributed by atoms with E-state index in [1.54, 1.807) is 6.20 Å². The zero-order valence-corrected chi connectivity index (χ0v) is 13.4. The van der Waals surface area contributed by atoms with Gasteiger partial charge >= 0.3 is 0 Å². The van der Waals surface area contributed by atoms with Gasteiger partial charge in [-0.25, -0.2) is 4.98 Å². The van der Waals surface area contributed by atoms with Crippen molar-refractivity contribution in [1.29, 1.82) is 0 Å². The molecular formula is C13H11ClN4OS2. The van der Waals surface area contributed by atoms with Crippen LogP contribution in [0.25, 0.3) is 9.88 Å². The van der Waals surface area contributed by atoms with Gasteiger partial charge in [0.25, 0.3) is 5.91 Å². The number of hydrogen-bond acceptors (Lipinski definition) is 5. The maximum Gasteiger partial charge on any atom is 0.263 e. The highest BCUT2D eigenvalue weighted by atomic mass is 35.5. The van der Waals surface area contributed by atoms with Crippen LogP contribution in [0, 0.1) is 6.92 Å². The van der Waals surface area contributed by atoms with Crippen molar-refractivity contribution in [3.63, 3.8) is 0 Å². The van der Waals surface area contributed by atoms with E-state index in [0.717, 1.165) is 21.3 Å². The van der Waals surface area contributed by atoms with Crippen molar-refractivity contribution in [3.05, 3.63) is 45.0 Å². The van der Waals surface area contributed by atoms with Crippen molar-refractivity contribution in [3.8, 4) is 9.88 Å². The van der Waals surface area contributed by atoms with E-state index in [2.05, 4.69) is 20.5 Å². The number of nitrogens with one attached hydrogen (secondary N) is 2. The number of hydrogen-bond donors (Lipinski definition) is 2. The van der Waals surface area contributed by atoms with Crippen molar-refractivity contribution in [2.24, 2.45) is 0 Å². The fraction of sp³-hybridized carbons (Fsp3) is 0.154. The standard InChI is InChI=1S/C13H11ClN4OS2/c1-7-11(12(19)15-6-8-4-5-16-18-8)21-13(17-7)9-2-3-10(14)20-9/h2-5H,6H2,1H3,(H,15,19)(H,16,18). The summed E-state index contributed by atoms with van der Waals surface area (Å²) >= 11 is 8.76. The third kappa shape index (κ3) is 3.15. The maximum atomic E-state index is 12.2. The number of amides is 1. The number of aryl methyl sites for hydroxylation is 1. The molecule has 1 amide bonds. The summed E-state index contributed by atoms with van der Waals surface area (Å²) < 4.78 is 0.711. The molecule has 21 heavy (non-hydrogen) atoms. The van der Waals surface area contributed by atoms with Crippen LogP contribution in [-0.4, -0.2) is 21.1 Å². The Labute approximate surface area is 134 Å². The quantitative estimate of drug-likeness (QED) is 0.765. The molecule has 3 heterocycles. The smallest absolute Gasteiger partial charge is 0.263 e. The van der Waals surface area contributed by atoms with Crippen molar-refractivity contribution >= 4 is 40.2 Å². The van der Waals surface area contributed by atoms with Gasteiger partial charge < -0.3 is 5.32 Å². The summed E-state index contributed by atoms with van der Waals surface area (Å²) in [6.07, 6.45) is 1.65. The molecular weight excluding hydrogens is 328 g/mol. The van der Waals surface area contributed by atoms with E-state index in [0.29, 0.717) is 15.8 Å². The molecule has 0 spiro atoms. The lowest BCUT2D eigenvalue weighted by molar-refractivity contribution is 0.0953. The number of thiazole rings is 1. The lowest BCUT2D eigenvalue weighted by Gasteiger charge is -2.01. The van der Waals surface area contributed by atoms with Crippen LogP contribution >= 0.6 is 34.3 Å². The summed E-state index contributed by atoms with van der Waals surface area (Å²) in [5.41, 5.74) is 1.58. The molecule has 0 atom stereocenters. The number of rotatable bonds is 4. The molecule has 0 aliphatic rings. The zero-order chi connectivity index (χ0) is 14.8. The van der Waals surface area contributed by atoms with Crippen LogP contribution in [0.1, 0.15) is 21.1 Å². The number of nitrogens with zero attached hydrogens (tertiary/aromatic N) is 2.